The van der Waals surface area contributed by atoms with E-state index >= 15 is 0 Å². The van der Waals surface area contributed by atoms with Crippen molar-refractivity contribution in [2.75, 3.05) is 11.9 Å². The van der Waals surface area contributed by atoms with Crippen molar-refractivity contribution in [1.82, 2.24) is 5.32 Å². The molecule has 206 valence electrons. The summed E-state index contributed by atoms with van der Waals surface area (Å²) in [5.74, 6) is -0.188. The molecule has 0 bridgehead atoms. The zero-order valence-corrected chi connectivity index (χ0v) is 23.1. The first-order chi connectivity index (χ1) is 17.6. The van der Waals surface area contributed by atoms with Crippen molar-refractivity contribution in [2.24, 2.45) is 0 Å². The summed E-state index contributed by atoms with van der Waals surface area (Å²) < 4.78 is 0. The highest BCUT2D eigenvalue weighted by Crippen LogP contribution is 2.15. The maximum atomic E-state index is 11.9. The fourth-order valence-corrected chi connectivity index (χ4v) is 4.56. The number of carbonyl (C=O) groups is 2. The minimum atomic E-state index is -0.266. The lowest BCUT2D eigenvalue weighted by Crippen LogP contribution is -2.32. The van der Waals surface area contributed by atoms with E-state index in [1.807, 2.05) is 0 Å². The monoisotopic (exact) mass is 502 g/mol. The average Bonchev–Trinajstić information content (AvgIpc) is 2.87. The Morgan fingerprint density at radius 3 is 1.39 bits per heavy atom. The van der Waals surface area contributed by atoms with Crippen LogP contribution in [0.25, 0.3) is 0 Å². The first-order valence-corrected chi connectivity index (χ1v) is 15.0. The molecule has 0 fully saturated rings. The Morgan fingerprint density at radius 1 is 0.583 bits per heavy atom. The van der Waals surface area contributed by atoms with Crippen LogP contribution in [0.5, 0.6) is 5.75 Å². The number of phenols is 1. The van der Waals surface area contributed by atoms with Gasteiger partial charge in [0, 0.05) is 12.1 Å². The van der Waals surface area contributed by atoms with E-state index in [-0.39, 0.29) is 24.1 Å². The molecule has 0 heterocycles. The number of nitrogens with one attached hydrogen (secondary N) is 2. The summed E-state index contributed by atoms with van der Waals surface area (Å²) in [5.41, 5.74) is 0.598. The Balaban J connectivity index is 1.78. The van der Waals surface area contributed by atoms with Crippen molar-refractivity contribution in [2.45, 2.75) is 142 Å². The van der Waals surface area contributed by atoms with Gasteiger partial charge in [-0.2, -0.15) is 0 Å². The molecular weight excluding hydrogens is 448 g/mol. The van der Waals surface area contributed by atoms with Crippen LogP contribution in [-0.4, -0.2) is 23.5 Å². The molecule has 0 saturated heterocycles. The number of amides is 2. The van der Waals surface area contributed by atoms with Gasteiger partial charge in [0.15, 0.2) is 0 Å². The lowest BCUT2D eigenvalue weighted by molar-refractivity contribution is -0.124. The van der Waals surface area contributed by atoms with Gasteiger partial charge < -0.3 is 15.7 Å². The van der Waals surface area contributed by atoms with Gasteiger partial charge in [-0.3, -0.25) is 9.59 Å². The van der Waals surface area contributed by atoms with Gasteiger partial charge in [-0.05, 0) is 30.7 Å². The Kier molecular flexibility index (Phi) is 20.8. The number of aromatic hydroxyl groups is 1. The second-order valence-corrected chi connectivity index (χ2v) is 10.3. The molecule has 0 aliphatic rings. The van der Waals surface area contributed by atoms with Crippen molar-refractivity contribution < 1.29 is 14.7 Å². The van der Waals surface area contributed by atoms with Gasteiger partial charge >= 0.3 is 0 Å². The molecule has 0 saturated carbocycles. The predicted octanol–water partition coefficient (Wildman–Crippen LogP) is 8.66. The van der Waals surface area contributed by atoms with Gasteiger partial charge in [0.2, 0.25) is 11.8 Å². The predicted molar refractivity (Wildman–Crippen MR) is 152 cm³/mol. The number of rotatable bonds is 24. The molecule has 36 heavy (non-hydrogen) atoms. The maximum absolute atomic E-state index is 11.9. The van der Waals surface area contributed by atoms with Gasteiger partial charge in [0.05, 0.1) is 6.54 Å². The van der Waals surface area contributed by atoms with E-state index < -0.39 is 0 Å². The highest BCUT2D eigenvalue weighted by molar-refractivity contribution is 5.94. The highest BCUT2D eigenvalue weighted by atomic mass is 16.3. The minimum Gasteiger partial charge on any atom is -0.508 e. The number of benzene rings is 1. The molecule has 0 atom stereocenters. The molecule has 5 nitrogen and oxygen atoms in total. The van der Waals surface area contributed by atoms with Crippen LogP contribution in [0.3, 0.4) is 0 Å². The van der Waals surface area contributed by atoms with E-state index in [1.165, 1.54) is 128 Å². The summed E-state index contributed by atoms with van der Waals surface area (Å²) in [4.78, 5) is 23.8. The molecule has 0 radical (unpaired) electrons. The third-order valence-corrected chi connectivity index (χ3v) is 6.85. The molecule has 0 unspecified atom stereocenters. The Labute approximate surface area is 221 Å². The Bertz CT molecular complexity index is 660. The quantitative estimate of drug-likeness (QED) is 0.0977. The third kappa shape index (κ3) is 20.2. The number of phenolic OH excluding ortho intramolecular Hbond substituents is 1. The number of hydrogen-bond donors (Lipinski definition) is 3. The van der Waals surface area contributed by atoms with Crippen LogP contribution in [0.2, 0.25) is 0 Å². The second-order valence-electron chi connectivity index (χ2n) is 10.3. The summed E-state index contributed by atoms with van der Waals surface area (Å²) in [6.45, 7) is 2.25. The summed E-state index contributed by atoms with van der Waals surface area (Å²) in [6.07, 6.45) is 27.3. The van der Waals surface area contributed by atoms with Gasteiger partial charge in [-0.25, -0.2) is 0 Å². The van der Waals surface area contributed by atoms with E-state index in [9.17, 15) is 14.7 Å². The van der Waals surface area contributed by atoms with Crippen LogP contribution in [0.1, 0.15) is 142 Å². The molecule has 2 amide bonds. The summed E-state index contributed by atoms with van der Waals surface area (Å²) in [7, 11) is 0. The van der Waals surface area contributed by atoms with E-state index in [0.29, 0.717) is 12.1 Å². The second kappa shape index (κ2) is 23.4. The molecule has 1 rings (SSSR count). The number of unbranched alkanes of at least 4 members (excludes halogenated alkanes) is 19. The Morgan fingerprint density at radius 2 is 0.972 bits per heavy atom. The van der Waals surface area contributed by atoms with Crippen molar-refractivity contribution in [3.05, 3.63) is 24.3 Å². The van der Waals surface area contributed by atoms with Crippen LogP contribution in [0.15, 0.2) is 24.3 Å². The van der Waals surface area contributed by atoms with E-state index in [1.54, 1.807) is 12.1 Å². The first kappa shape index (κ1) is 32.0. The highest BCUT2D eigenvalue weighted by Gasteiger charge is 2.06. The third-order valence-electron chi connectivity index (χ3n) is 6.85. The van der Waals surface area contributed by atoms with Crippen LogP contribution in [-0.2, 0) is 9.59 Å². The largest absolute Gasteiger partial charge is 0.508 e. The van der Waals surface area contributed by atoms with Crippen LogP contribution in [0.4, 0.5) is 5.69 Å². The normalized spacial score (nSPS) is 10.9. The first-order valence-electron chi connectivity index (χ1n) is 15.0. The number of anilines is 1. The molecule has 1 aromatic carbocycles. The SMILES string of the molecule is CCCCCCCCCCCCCCCCCCCCCCC(=O)NCC(=O)Nc1ccc(O)cc1. The smallest absolute Gasteiger partial charge is 0.243 e. The summed E-state index contributed by atoms with van der Waals surface area (Å²) in [6, 6.07) is 6.26. The van der Waals surface area contributed by atoms with E-state index in [4.69, 9.17) is 0 Å². The standard InChI is InChI=1S/C31H54N2O3/c1-2-3-4-5-6-7-8-9-10-11-12-13-14-15-16-17-18-19-20-21-22-30(35)32-27-31(36)33-28-23-25-29(34)26-24-28/h23-26,34H,2-22,27H2,1H3,(H,32,35)(H,33,36). The van der Waals surface area contributed by atoms with Crippen molar-refractivity contribution in [1.29, 1.82) is 0 Å². The molecule has 0 aromatic heterocycles. The van der Waals surface area contributed by atoms with Gasteiger partial charge in [0.25, 0.3) is 0 Å². The van der Waals surface area contributed by atoms with Crippen molar-refractivity contribution in [3.8, 4) is 5.75 Å². The molecule has 3 N–H and O–H groups in total. The molecule has 0 aliphatic carbocycles. The summed E-state index contributed by atoms with van der Waals surface area (Å²) in [5, 5.41) is 14.6. The van der Waals surface area contributed by atoms with Gasteiger partial charge in [-0.1, -0.05) is 129 Å². The topological polar surface area (TPSA) is 78.4 Å². The average molecular weight is 503 g/mol. The zero-order chi connectivity index (χ0) is 26.1. The van der Waals surface area contributed by atoms with Crippen LogP contribution >= 0.6 is 0 Å². The van der Waals surface area contributed by atoms with Gasteiger partial charge in [-0.15, -0.1) is 0 Å². The van der Waals surface area contributed by atoms with Gasteiger partial charge in [0.1, 0.15) is 5.75 Å². The molecule has 5 heteroatoms. The number of hydrogen-bond acceptors (Lipinski definition) is 3. The zero-order valence-electron chi connectivity index (χ0n) is 23.1. The van der Waals surface area contributed by atoms with Crippen molar-refractivity contribution >= 4 is 17.5 Å². The minimum absolute atomic E-state index is 0.0289. The lowest BCUT2D eigenvalue weighted by atomic mass is 10.0. The van der Waals surface area contributed by atoms with Crippen LogP contribution in [0, 0.1) is 0 Å². The van der Waals surface area contributed by atoms with Crippen molar-refractivity contribution in [3.63, 3.8) is 0 Å². The molecule has 0 aliphatic heterocycles. The molecule has 0 spiro atoms. The Hall–Kier alpha value is -2.04. The lowest BCUT2D eigenvalue weighted by Gasteiger charge is -2.07. The van der Waals surface area contributed by atoms with E-state index in [2.05, 4.69) is 17.6 Å². The maximum Gasteiger partial charge on any atom is 0.243 e. The summed E-state index contributed by atoms with van der Waals surface area (Å²) >= 11 is 0. The van der Waals surface area contributed by atoms with Crippen LogP contribution < -0.4 is 10.6 Å². The number of carbonyl (C=O) groups excluding carboxylic acids is 2. The fourth-order valence-electron chi connectivity index (χ4n) is 4.56. The van der Waals surface area contributed by atoms with E-state index in [0.717, 1.165) is 12.8 Å². The molecule has 1 aromatic rings. The fraction of sp³-hybridized carbons (Fsp3) is 0.742. The molecular formula is C31H54N2O3.